The summed E-state index contributed by atoms with van der Waals surface area (Å²) in [6.07, 6.45) is 0.997. The lowest BCUT2D eigenvalue weighted by Gasteiger charge is -2.12. The molecule has 0 radical (unpaired) electrons. The van der Waals surface area contributed by atoms with E-state index in [4.69, 9.17) is 10.3 Å². The van der Waals surface area contributed by atoms with Crippen LogP contribution in [0.5, 0.6) is 0 Å². The zero-order valence-electron chi connectivity index (χ0n) is 12.2. The first-order valence-electron chi connectivity index (χ1n) is 6.87. The topological polar surface area (TPSA) is 64.9 Å². The minimum Gasteiger partial charge on any atom is -0.338 e. The highest BCUT2D eigenvalue weighted by Crippen LogP contribution is 2.24. The molecule has 2 N–H and O–H groups in total. The van der Waals surface area contributed by atoms with Crippen LogP contribution in [0.15, 0.2) is 33.7 Å². The van der Waals surface area contributed by atoms with Crippen molar-refractivity contribution in [1.29, 1.82) is 0 Å². The van der Waals surface area contributed by atoms with Crippen LogP contribution in [0.3, 0.4) is 0 Å². The van der Waals surface area contributed by atoms with Crippen LogP contribution in [0.25, 0.3) is 0 Å². The molecule has 4 nitrogen and oxygen atoms in total. The zero-order chi connectivity index (χ0) is 14.5. The maximum absolute atomic E-state index is 6.08. The predicted octanol–water partition coefficient (Wildman–Crippen LogP) is 3.72. The average Bonchev–Trinajstić information content (AvgIpc) is 2.94. The standard InChI is InChI=1S/C15H21N3OS/c1-4-11(3)14(16)15-17-13(18-19-15)9-20-12-7-5-10(2)6-8-12/h5-8,11,14H,4,9,16H2,1-3H3/t11-,14-/m0/s1. The highest BCUT2D eigenvalue weighted by Gasteiger charge is 2.19. The summed E-state index contributed by atoms with van der Waals surface area (Å²) in [6, 6.07) is 8.23. The van der Waals surface area contributed by atoms with Gasteiger partial charge in [0.1, 0.15) is 0 Å². The Morgan fingerprint density at radius 2 is 2.00 bits per heavy atom. The zero-order valence-corrected chi connectivity index (χ0v) is 13.0. The molecule has 2 atom stereocenters. The molecule has 1 heterocycles. The third kappa shape index (κ3) is 3.84. The summed E-state index contributed by atoms with van der Waals surface area (Å²) < 4.78 is 5.26. The van der Waals surface area contributed by atoms with Gasteiger partial charge in [0, 0.05) is 4.90 Å². The van der Waals surface area contributed by atoms with Crippen LogP contribution in [0.1, 0.15) is 43.6 Å². The van der Waals surface area contributed by atoms with Crippen molar-refractivity contribution in [3.8, 4) is 0 Å². The van der Waals surface area contributed by atoms with Crippen molar-refractivity contribution in [3.63, 3.8) is 0 Å². The van der Waals surface area contributed by atoms with Gasteiger partial charge in [0.05, 0.1) is 11.8 Å². The summed E-state index contributed by atoms with van der Waals surface area (Å²) >= 11 is 1.70. The Hall–Kier alpha value is -1.33. The van der Waals surface area contributed by atoms with E-state index in [1.807, 2.05) is 0 Å². The number of aromatic nitrogens is 2. The van der Waals surface area contributed by atoms with Crippen LogP contribution in [0, 0.1) is 12.8 Å². The molecule has 0 unspecified atom stereocenters. The molecule has 0 aliphatic carbocycles. The van der Waals surface area contributed by atoms with E-state index in [0.29, 0.717) is 23.4 Å². The average molecular weight is 291 g/mol. The van der Waals surface area contributed by atoms with Crippen molar-refractivity contribution in [2.24, 2.45) is 11.7 Å². The minimum atomic E-state index is -0.175. The van der Waals surface area contributed by atoms with Crippen molar-refractivity contribution in [1.82, 2.24) is 10.1 Å². The number of nitrogens with zero attached hydrogens (tertiary/aromatic N) is 2. The Kier molecular flexibility index (Phi) is 5.20. The van der Waals surface area contributed by atoms with E-state index >= 15 is 0 Å². The van der Waals surface area contributed by atoms with Gasteiger partial charge < -0.3 is 10.3 Å². The van der Waals surface area contributed by atoms with E-state index in [1.54, 1.807) is 11.8 Å². The molecular formula is C15H21N3OS. The molecule has 108 valence electrons. The van der Waals surface area contributed by atoms with Gasteiger partial charge in [0.2, 0.25) is 5.89 Å². The highest BCUT2D eigenvalue weighted by atomic mass is 32.2. The number of aryl methyl sites for hydroxylation is 1. The fraction of sp³-hybridized carbons (Fsp3) is 0.467. The number of thioether (sulfide) groups is 1. The molecule has 2 aromatic rings. The lowest BCUT2D eigenvalue weighted by atomic mass is 10.0. The molecule has 2 rings (SSSR count). The summed E-state index contributed by atoms with van der Waals surface area (Å²) in [4.78, 5) is 5.59. The maximum atomic E-state index is 6.08. The molecule has 20 heavy (non-hydrogen) atoms. The Morgan fingerprint density at radius 1 is 1.30 bits per heavy atom. The van der Waals surface area contributed by atoms with E-state index < -0.39 is 0 Å². The van der Waals surface area contributed by atoms with Crippen molar-refractivity contribution in [2.75, 3.05) is 0 Å². The lowest BCUT2D eigenvalue weighted by Crippen LogP contribution is -2.18. The van der Waals surface area contributed by atoms with E-state index in [-0.39, 0.29) is 6.04 Å². The van der Waals surface area contributed by atoms with E-state index in [1.165, 1.54) is 10.5 Å². The van der Waals surface area contributed by atoms with E-state index in [0.717, 1.165) is 6.42 Å². The smallest absolute Gasteiger partial charge is 0.243 e. The minimum absolute atomic E-state index is 0.175. The number of hydrogen-bond acceptors (Lipinski definition) is 5. The first kappa shape index (κ1) is 15.1. The number of nitrogens with two attached hydrogens (primary N) is 1. The quantitative estimate of drug-likeness (QED) is 0.822. The van der Waals surface area contributed by atoms with Crippen LogP contribution in [0.4, 0.5) is 0 Å². The maximum Gasteiger partial charge on any atom is 0.243 e. The molecule has 0 saturated heterocycles. The van der Waals surface area contributed by atoms with Crippen molar-refractivity contribution in [2.45, 2.75) is 43.9 Å². The first-order chi connectivity index (χ1) is 9.60. The molecule has 0 bridgehead atoms. The second-order valence-electron chi connectivity index (χ2n) is 5.06. The lowest BCUT2D eigenvalue weighted by molar-refractivity contribution is 0.311. The normalized spacial score (nSPS) is 14.2. The molecule has 1 aromatic carbocycles. The number of benzene rings is 1. The second-order valence-corrected chi connectivity index (χ2v) is 6.11. The van der Waals surface area contributed by atoms with Gasteiger partial charge in [-0.15, -0.1) is 11.8 Å². The molecule has 0 amide bonds. The van der Waals surface area contributed by atoms with Gasteiger partial charge in [-0.25, -0.2) is 0 Å². The molecular weight excluding hydrogens is 270 g/mol. The summed E-state index contributed by atoms with van der Waals surface area (Å²) in [5, 5.41) is 4.00. The molecule has 1 aromatic heterocycles. The van der Waals surface area contributed by atoms with Gasteiger partial charge >= 0.3 is 0 Å². The Morgan fingerprint density at radius 3 is 2.65 bits per heavy atom. The van der Waals surface area contributed by atoms with Crippen molar-refractivity contribution < 1.29 is 4.52 Å². The van der Waals surface area contributed by atoms with Crippen molar-refractivity contribution >= 4 is 11.8 Å². The monoisotopic (exact) mass is 291 g/mol. The van der Waals surface area contributed by atoms with Gasteiger partial charge in [0.15, 0.2) is 5.82 Å². The van der Waals surface area contributed by atoms with E-state index in [9.17, 15) is 0 Å². The first-order valence-corrected chi connectivity index (χ1v) is 7.86. The Bertz CT molecular complexity index is 538. The second kappa shape index (κ2) is 6.90. The Balaban J connectivity index is 1.94. The Labute approximate surface area is 124 Å². The fourth-order valence-corrected chi connectivity index (χ4v) is 2.48. The van der Waals surface area contributed by atoms with Crippen LogP contribution in [-0.2, 0) is 5.75 Å². The third-order valence-electron chi connectivity index (χ3n) is 3.41. The van der Waals surface area contributed by atoms with Crippen LogP contribution < -0.4 is 5.73 Å². The summed E-state index contributed by atoms with van der Waals surface area (Å²) in [5.74, 6) is 2.27. The SMILES string of the molecule is CC[C@H](C)[C@H](N)c1nc(CSc2ccc(C)cc2)no1. The van der Waals surface area contributed by atoms with E-state index in [2.05, 4.69) is 55.2 Å². The molecule has 0 fully saturated rings. The molecule has 0 saturated carbocycles. The highest BCUT2D eigenvalue weighted by molar-refractivity contribution is 7.98. The summed E-state index contributed by atoms with van der Waals surface area (Å²) in [5.41, 5.74) is 7.34. The van der Waals surface area contributed by atoms with Crippen molar-refractivity contribution in [3.05, 3.63) is 41.5 Å². The largest absolute Gasteiger partial charge is 0.338 e. The summed E-state index contributed by atoms with van der Waals surface area (Å²) in [6.45, 7) is 6.28. The van der Waals surface area contributed by atoms with Crippen LogP contribution in [-0.4, -0.2) is 10.1 Å². The van der Waals surface area contributed by atoms with Gasteiger partial charge in [0.25, 0.3) is 0 Å². The number of hydrogen-bond donors (Lipinski definition) is 1. The van der Waals surface area contributed by atoms with Gasteiger partial charge in [-0.05, 0) is 25.0 Å². The molecule has 0 aliphatic rings. The van der Waals surface area contributed by atoms with Gasteiger partial charge in [-0.1, -0.05) is 43.1 Å². The molecule has 5 heteroatoms. The van der Waals surface area contributed by atoms with Crippen LogP contribution >= 0.6 is 11.8 Å². The van der Waals surface area contributed by atoms with Gasteiger partial charge in [-0.3, -0.25) is 0 Å². The summed E-state index contributed by atoms with van der Waals surface area (Å²) in [7, 11) is 0. The molecule has 0 aliphatic heterocycles. The van der Waals surface area contributed by atoms with Gasteiger partial charge in [-0.2, -0.15) is 4.98 Å². The fourth-order valence-electron chi connectivity index (χ4n) is 1.74. The predicted molar refractivity (Wildman–Crippen MR) is 81.4 cm³/mol. The third-order valence-corrected chi connectivity index (χ3v) is 4.42. The number of rotatable bonds is 6. The van der Waals surface area contributed by atoms with Crippen LogP contribution in [0.2, 0.25) is 0 Å². The molecule has 0 spiro atoms.